The fourth-order valence-electron chi connectivity index (χ4n) is 1.46. The number of thiazole rings is 1. The molecule has 4 N–H and O–H groups in total. The molecule has 0 aromatic carbocycles. The molecule has 7 heteroatoms. The molecule has 2 amide bonds. The molecule has 0 aliphatic heterocycles. The van der Waals surface area contributed by atoms with Crippen molar-refractivity contribution in [1.29, 1.82) is 0 Å². The first kappa shape index (κ1) is 16.6. The molecule has 1 rings (SSSR count). The third kappa shape index (κ3) is 5.66. The third-order valence-electron chi connectivity index (χ3n) is 2.30. The fourth-order valence-corrected chi connectivity index (χ4v) is 2.22. The molecule has 0 bridgehead atoms. The Labute approximate surface area is 123 Å². The van der Waals surface area contributed by atoms with E-state index in [1.807, 2.05) is 27.7 Å². The van der Waals surface area contributed by atoms with E-state index in [2.05, 4.69) is 15.6 Å². The second-order valence-corrected chi connectivity index (χ2v) is 6.55. The lowest BCUT2D eigenvalue weighted by Gasteiger charge is -2.20. The molecule has 0 fully saturated rings. The number of amides is 2. The summed E-state index contributed by atoms with van der Waals surface area (Å²) < 4.78 is 0. The fraction of sp³-hybridized carbons (Fsp3) is 0.615. The van der Waals surface area contributed by atoms with Crippen molar-refractivity contribution < 1.29 is 9.59 Å². The van der Waals surface area contributed by atoms with Gasteiger partial charge in [0.05, 0.1) is 6.04 Å². The van der Waals surface area contributed by atoms with E-state index in [9.17, 15) is 9.59 Å². The molecule has 0 aliphatic rings. The number of carbonyl (C=O) groups excluding carboxylic acids is 2. The van der Waals surface area contributed by atoms with E-state index in [0.717, 1.165) is 5.01 Å². The molecule has 1 aromatic heterocycles. The van der Waals surface area contributed by atoms with Gasteiger partial charge in [-0.15, -0.1) is 11.3 Å². The SMILES string of the molecule is CC(N)c1nc(C(=O)NCCC(=O)NC(C)(C)C)cs1. The number of aromatic nitrogens is 1. The number of nitrogens with two attached hydrogens (primary N) is 1. The lowest BCUT2D eigenvalue weighted by molar-refractivity contribution is -0.122. The van der Waals surface area contributed by atoms with Gasteiger partial charge in [-0.05, 0) is 27.7 Å². The smallest absolute Gasteiger partial charge is 0.270 e. The van der Waals surface area contributed by atoms with Crippen LogP contribution >= 0.6 is 11.3 Å². The first-order chi connectivity index (χ1) is 9.19. The van der Waals surface area contributed by atoms with Crippen LogP contribution < -0.4 is 16.4 Å². The normalized spacial score (nSPS) is 12.8. The van der Waals surface area contributed by atoms with E-state index >= 15 is 0 Å². The Morgan fingerprint density at radius 1 is 1.45 bits per heavy atom. The molecule has 1 atom stereocenters. The van der Waals surface area contributed by atoms with Crippen molar-refractivity contribution in [2.45, 2.75) is 45.7 Å². The van der Waals surface area contributed by atoms with Gasteiger partial charge in [0.15, 0.2) is 0 Å². The van der Waals surface area contributed by atoms with E-state index < -0.39 is 0 Å². The average Bonchev–Trinajstić information content (AvgIpc) is 2.75. The number of rotatable bonds is 5. The molecule has 6 nitrogen and oxygen atoms in total. The number of nitrogens with one attached hydrogen (secondary N) is 2. The minimum absolute atomic E-state index is 0.0904. The van der Waals surface area contributed by atoms with Crippen molar-refractivity contribution in [1.82, 2.24) is 15.6 Å². The summed E-state index contributed by atoms with van der Waals surface area (Å²) in [5, 5.41) is 7.90. The summed E-state index contributed by atoms with van der Waals surface area (Å²) >= 11 is 1.36. The molecule has 20 heavy (non-hydrogen) atoms. The molecular weight excluding hydrogens is 276 g/mol. The van der Waals surface area contributed by atoms with E-state index in [1.54, 1.807) is 5.38 Å². The van der Waals surface area contributed by atoms with Crippen molar-refractivity contribution in [3.8, 4) is 0 Å². The Balaban J connectivity index is 2.38. The lowest BCUT2D eigenvalue weighted by Crippen LogP contribution is -2.42. The van der Waals surface area contributed by atoms with E-state index in [4.69, 9.17) is 5.73 Å². The number of carbonyl (C=O) groups is 2. The Kier molecular flexibility index (Phi) is 5.64. The van der Waals surface area contributed by atoms with E-state index in [1.165, 1.54) is 11.3 Å². The van der Waals surface area contributed by atoms with Gasteiger partial charge in [0, 0.05) is 23.9 Å². The van der Waals surface area contributed by atoms with E-state index in [0.29, 0.717) is 5.69 Å². The van der Waals surface area contributed by atoms with Crippen molar-refractivity contribution in [3.63, 3.8) is 0 Å². The highest BCUT2D eigenvalue weighted by atomic mass is 32.1. The Bertz CT molecular complexity index is 477. The van der Waals surface area contributed by atoms with E-state index in [-0.39, 0.29) is 36.4 Å². The second kappa shape index (κ2) is 6.81. The van der Waals surface area contributed by atoms with Crippen molar-refractivity contribution in [3.05, 3.63) is 16.1 Å². The van der Waals surface area contributed by atoms with Crippen LogP contribution in [0.3, 0.4) is 0 Å². The van der Waals surface area contributed by atoms with Gasteiger partial charge < -0.3 is 16.4 Å². The van der Waals surface area contributed by atoms with Crippen molar-refractivity contribution in [2.75, 3.05) is 6.54 Å². The van der Waals surface area contributed by atoms with Crippen LogP contribution in [0.2, 0.25) is 0 Å². The molecule has 0 saturated heterocycles. The van der Waals surface area contributed by atoms with Crippen LogP contribution in [0, 0.1) is 0 Å². The maximum absolute atomic E-state index is 11.8. The summed E-state index contributed by atoms with van der Waals surface area (Å²) in [6.45, 7) is 7.83. The van der Waals surface area contributed by atoms with Gasteiger partial charge >= 0.3 is 0 Å². The molecule has 0 aliphatic carbocycles. The van der Waals surface area contributed by atoms with Crippen LogP contribution in [0.25, 0.3) is 0 Å². The van der Waals surface area contributed by atoms with Gasteiger partial charge in [-0.3, -0.25) is 9.59 Å². The zero-order chi connectivity index (χ0) is 15.3. The van der Waals surface area contributed by atoms with Gasteiger partial charge in [0.1, 0.15) is 10.7 Å². The Hall–Kier alpha value is -1.47. The quantitative estimate of drug-likeness (QED) is 0.761. The third-order valence-corrected chi connectivity index (χ3v) is 3.34. The topological polar surface area (TPSA) is 97.1 Å². The highest BCUT2D eigenvalue weighted by Crippen LogP contribution is 2.15. The zero-order valence-electron chi connectivity index (χ0n) is 12.3. The number of hydrogen-bond donors (Lipinski definition) is 3. The maximum Gasteiger partial charge on any atom is 0.270 e. The summed E-state index contributed by atoms with van der Waals surface area (Å²) in [5.41, 5.74) is 5.77. The van der Waals surface area contributed by atoms with Crippen molar-refractivity contribution in [2.24, 2.45) is 5.73 Å². The van der Waals surface area contributed by atoms with Crippen LogP contribution in [-0.2, 0) is 4.79 Å². The standard InChI is InChI=1S/C13H22N4O2S/c1-8(14)12-16-9(7-20-12)11(19)15-6-5-10(18)17-13(2,3)4/h7-8H,5-6,14H2,1-4H3,(H,15,19)(H,17,18). The van der Waals surface area contributed by atoms with Gasteiger partial charge in [-0.2, -0.15) is 0 Å². The summed E-state index contributed by atoms with van der Waals surface area (Å²) in [6.07, 6.45) is 0.243. The maximum atomic E-state index is 11.8. The summed E-state index contributed by atoms with van der Waals surface area (Å²) in [4.78, 5) is 27.5. The predicted octanol–water partition coefficient (Wildman–Crippen LogP) is 1.20. The minimum atomic E-state index is -0.281. The van der Waals surface area contributed by atoms with Crippen LogP contribution in [0.1, 0.15) is 55.7 Å². The Morgan fingerprint density at radius 3 is 2.60 bits per heavy atom. The Morgan fingerprint density at radius 2 is 2.10 bits per heavy atom. The highest BCUT2D eigenvalue weighted by Gasteiger charge is 2.15. The highest BCUT2D eigenvalue weighted by molar-refractivity contribution is 7.09. The number of nitrogens with zero attached hydrogens (tertiary/aromatic N) is 1. The molecule has 0 radical (unpaired) electrons. The summed E-state index contributed by atoms with van der Waals surface area (Å²) in [5.74, 6) is -0.371. The molecule has 0 saturated carbocycles. The van der Waals surface area contributed by atoms with Crippen LogP contribution in [-0.4, -0.2) is 28.9 Å². The molecule has 0 spiro atoms. The first-order valence-electron chi connectivity index (χ1n) is 6.49. The lowest BCUT2D eigenvalue weighted by atomic mass is 10.1. The monoisotopic (exact) mass is 298 g/mol. The van der Waals surface area contributed by atoms with Crippen LogP contribution in [0.15, 0.2) is 5.38 Å². The first-order valence-corrected chi connectivity index (χ1v) is 7.37. The second-order valence-electron chi connectivity index (χ2n) is 5.66. The van der Waals surface area contributed by atoms with Crippen molar-refractivity contribution >= 4 is 23.2 Å². The van der Waals surface area contributed by atoms with Crippen LogP contribution in [0.4, 0.5) is 0 Å². The minimum Gasteiger partial charge on any atom is -0.351 e. The molecule has 1 heterocycles. The van der Waals surface area contributed by atoms with Gasteiger partial charge in [-0.1, -0.05) is 0 Å². The number of hydrogen-bond acceptors (Lipinski definition) is 5. The molecule has 112 valence electrons. The summed E-state index contributed by atoms with van der Waals surface area (Å²) in [7, 11) is 0. The zero-order valence-corrected chi connectivity index (χ0v) is 13.1. The van der Waals surface area contributed by atoms with Crippen LogP contribution in [0.5, 0.6) is 0 Å². The average molecular weight is 298 g/mol. The predicted molar refractivity (Wildman–Crippen MR) is 79.6 cm³/mol. The molecule has 1 aromatic rings. The van der Waals surface area contributed by atoms with Gasteiger partial charge in [-0.25, -0.2) is 4.98 Å². The summed E-state index contributed by atoms with van der Waals surface area (Å²) in [6, 6.07) is -0.181. The van der Waals surface area contributed by atoms with Gasteiger partial charge in [0.2, 0.25) is 5.91 Å². The molecule has 1 unspecified atom stereocenters. The molecular formula is C13H22N4O2S. The largest absolute Gasteiger partial charge is 0.351 e. The van der Waals surface area contributed by atoms with Gasteiger partial charge in [0.25, 0.3) is 5.91 Å².